The molecule has 4 nitrogen and oxygen atoms in total. The standard InChI is InChI=1S/C9H7F5N2O2/c10-4-2-1-3-5(6(4)16-8(15)17)18-9(13,14)7(11)12/h1-3,7H,(H3,15,16,17). The summed E-state index contributed by atoms with van der Waals surface area (Å²) in [7, 11) is 0. The van der Waals surface area contributed by atoms with Crippen LogP contribution < -0.4 is 15.8 Å². The third kappa shape index (κ3) is 3.22. The lowest BCUT2D eigenvalue weighted by Crippen LogP contribution is -2.34. The predicted molar refractivity (Wildman–Crippen MR) is 51.2 cm³/mol. The summed E-state index contributed by atoms with van der Waals surface area (Å²) < 4.78 is 66.0. The third-order valence-electron chi connectivity index (χ3n) is 1.72. The molecule has 0 atom stereocenters. The summed E-state index contributed by atoms with van der Waals surface area (Å²) in [6.45, 7) is 0. The van der Waals surface area contributed by atoms with Crippen molar-refractivity contribution in [2.24, 2.45) is 5.73 Å². The molecule has 2 amide bonds. The highest BCUT2D eigenvalue weighted by Gasteiger charge is 2.44. The van der Waals surface area contributed by atoms with E-state index in [4.69, 9.17) is 0 Å². The van der Waals surface area contributed by atoms with Gasteiger partial charge in [0.05, 0.1) is 0 Å². The van der Waals surface area contributed by atoms with E-state index in [1.54, 1.807) is 5.32 Å². The highest BCUT2D eigenvalue weighted by atomic mass is 19.3. The maximum Gasteiger partial charge on any atom is 0.461 e. The summed E-state index contributed by atoms with van der Waals surface area (Å²) in [6.07, 6.45) is -8.93. The largest absolute Gasteiger partial charge is 0.461 e. The number of nitrogens with one attached hydrogen (secondary N) is 1. The Labute approximate surface area is 97.5 Å². The van der Waals surface area contributed by atoms with Gasteiger partial charge in [0.2, 0.25) is 0 Å². The maximum absolute atomic E-state index is 13.2. The van der Waals surface area contributed by atoms with Crippen LogP contribution in [0.25, 0.3) is 0 Å². The Bertz CT molecular complexity index is 453. The lowest BCUT2D eigenvalue weighted by molar-refractivity contribution is -0.252. The molecule has 9 heteroatoms. The van der Waals surface area contributed by atoms with E-state index in [1.165, 1.54) is 0 Å². The summed E-state index contributed by atoms with van der Waals surface area (Å²) >= 11 is 0. The Kier molecular flexibility index (Phi) is 3.94. The molecular formula is C9H7F5N2O2. The number of halogens is 5. The zero-order chi connectivity index (χ0) is 13.9. The molecular weight excluding hydrogens is 263 g/mol. The Morgan fingerprint density at radius 2 is 2.00 bits per heavy atom. The van der Waals surface area contributed by atoms with Gasteiger partial charge in [-0.1, -0.05) is 6.07 Å². The monoisotopic (exact) mass is 270 g/mol. The Hall–Kier alpha value is -2.06. The minimum absolute atomic E-state index is 0.782. The van der Waals surface area contributed by atoms with Crippen LogP contribution in [0.1, 0.15) is 0 Å². The molecule has 0 fully saturated rings. The van der Waals surface area contributed by atoms with E-state index >= 15 is 0 Å². The van der Waals surface area contributed by atoms with E-state index in [2.05, 4.69) is 10.5 Å². The molecule has 3 N–H and O–H groups in total. The number of hydrogen-bond acceptors (Lipinski definition) is 2. The molecule has 0 aliphatic rings. The van der Waals surface area contributed by atoms with Crippen LogP contribution in [0, 0.1) is 5.82 Å². The van der Waals surface area contributed by atoms with Crippen LogP contribution in [0.4, 0.5) is 32.4 Å². The first-order chi connectivity index (χ1) is 8.24. The molecule has 1 rings (SSSR count). The van der Waals surface area contributed by atoms with E-state index in [0.717, 1.165) is 18.2 Å². The Morgan fingerprint density at radius 3 is 2.50 bits per heavy atom. The van der Waals surface area contributed by atoms with Crippen molar-refractivity contribution in [3.05, 3.63) is 24.0 Å². The molecule has 18 heavy (non-hydrogen) atoms. The molecule has 1 aromatic carbocycles. The number of ether oxygens (including phenoxy) is 1. The van der Waals surface area contributed by atoms with Crippen LogP contribution in [0.5, 0.6) is 5.75 Å². The number of carbonyl (C=O) groups excluding carboxylic acids is 1. The van der Waals surface area contributed by atoms with Crippen molar-refractivity contribution in [1.82, 2.24) is 0 Å². The van der Waals surface area contributed by atoms with Crippen molar-refractivity contribution in [1.29, 1.82) is 0 Å². The van der Waals surface area contributed by atoms with Gasteiger partial charge in [0.15, 0.2) is 11.6 Å². The molecule has 0 aromatic heterocycles. The van der Waals surface area contributed by atoms with Crippen LogP contribution in [0.15, 0.2) is 18.2 Å². The molecule has 0 bridgehead atoms. The molecule has 0 aliphatic heterocycles. The number of hydrogen-bond donors (Lipinski definition) is 2. The highest BCUT2D eigenvalue weighted by molar-refractivity contribution is 5.89. The van der Waals surface area contributed by atoms with Gasteiger partial charge < -0.3 is 15.8 Å². The first kappa shape index (κ1) is 14.0. The summed E-state index contributed by atoms with van der Waals surface area (Å²) in [4.78, 5) is 10.5. The smallest absolute Gasteiger partial charge is 0.426 e. The van der Waals surface area contributed by atoms with E-state index in [1.807, 2.05) is 0 Å². The lowest BCUT2D eigenvalue weighted by Gasteiger charge is -2.19. The van der Waals surface area contributed by atoms with Gasteiger partial charge in [-0.05, 0) is 12.1 Å². The van der Waals surface area contributed by atoms with Gasteiger partial charge >= 0.3 is 18.6 Å². The SMILES string of the molecule is NC(=O)Nc1c(F)cccc1OC(F)(F)C(F)F. The van der Waals surface area contributed by atoms with Crippen LogP contribution in [-0.2, 0) is 0 Å². The minimum atomic E-state index is -4.82. The average Bonchev–Trinajstić information content (AvgIpc) is 2.22. The number of anilines is 1. The maximum atomic E-state index is 13.2. The zero-order valence-corrected chi connectivity index (χ0v) is 8.59. The van der Waals surface area contributed by atoms with Crippen molar-refractivity contribution in [2.45, 2.75) is 12.5 Å². The van der Waals surface area contributed by atoms with E-state index in [0.29, 0.717) is 0 Å². The summed E-state index contributed by atoms with van der Waals surface area (Å²) in [5, 5.41) is 1.66. The van der Waals surface area contributed by atoms with E-state index in [9.17, 15) is 26.7 Å². The number of benzene rings is 1. The van der Waals surface area contributed by atoms with Crippen molar-refractivity contribution in [2.75, 3.05) is 5.32 Å². The summed E-state index contributed by atoms with van der Waals surface area (Å²) in [6, 6.07) is 1.27. The van der Waals surface area contributed by atoms with Gasteiger partial charge in [-0.15, -0.1) is 0 Å². The highest BCUT2D eigenvalue weighted by Crippen LogP contribution is 2.34. The quantitative estimate of drug-likeness (QED) is 0.826. The van der Waals surface area contributed by atoms with E-state index in [-0.39, 0.29) is 0 Å². The number of amides is 2. The zero-order valence-electron chi connectivity index (χ0n) is 8.59. The molecule has 0 heterocycles. The van der Waals surface area contributed by atoms with Gasteiger partial charge in [0.1, 0.15) is 5.69 Å². The van der Waals surface area contributed by atoms with Crippen molar-refractivity contribution < 1.29 is 31.5 Å². The molecule has 1 aromatic rings. The second-order valence-corrected chi connectivity index (χ2v) is 3.07. The molecule has 0 spiro atoms. The van der Waals surface area contributed by atoms with Crippen LogP contribution >= 0.6 is 0 Å². The fourth-order valence-electron chi connectivity index (χ4n) is 1.03. The van der Waals surface area contributed by atoms with Gasteiger partial charge in [-0.2, -0.15) is 17.6 Å². The second kappa shape index (κ2) is 5.07. The topological polar surface area (TPSA) is 64.4 Å². The summed E-state index contributed by atoms with van der Waals surface area (Å²) in [5.74, 6) is -2.12. The van der Waals surface area contributed by atoms with Crippen molar-refractivity contribution >= 4 is 11.7 Å². The second-order valence-electron chi connectivity index (χ2n) is 3.07. The van der Waals surface area contributed by atoms with Gasteiger partial charge in [-0.3, -0.25) is 0 Å². The van der Waals surface area contributed by atoms with Gasteiger partial charge in [-0.25, -0.2) is 9.18 Å². The van der Waals surface area contributed by atoms with Gasteiger partial charge in [0, 0.05) is 0 Å². The number of urea groups is 1. The first-order valence-electron chi connectivity index (χ1n) is 4.44. The average molecular weight is 270 g/mol. The Balaban J connectivity index is 3.09. The fraction of sp³-hybridized carbons (Fsp3) is 0.222. The normalized spacial score (nSPS) is 11.4. The molecule has 0 saturated carbocycles. The number of para-hydroxylation sites is 1. The first-order valence-corrected chi connectivity index (χ1v) is 4.44. The number of alkyl halides is 4. The Morgan fingerprint density at radius 1 is 1.39 bits per heavy atom. The van der Waals surface area contributed by atoms with Crippen molar-refractivity contribution in [3.63, 3.8) is 0 Å². The van der Waals surface area contributed by atoms with Crippen molar-refractivity contribution in [3.8, 4) is 5.75 Å². The molecule has 0 radical (unpaired) electrons. The fourth-order valence-corrected chi connectivity index (χ4v) is 1.03. The number of carbonyl (C=O) groups is 1. The molecule has 0 saturated heterocycles. The van der Waals surface area contributed by atoms with Crippen LogP contribution in [0.3, 0.4) is 0 Å². The summed E-state index contributed by atoms with van der Waals surface area (Å²) in [5.41, 5.74) is 3.84. The third-order valence-corrected chi connectivity index (χ3v) is 1.72. The predicted octanol–water partition coefficient (Wildman–Crippen LogP) is 2.55. The van der Waals surface area contributed by atoms with E-state index < -0.39 is 35.8 Å². The molecule has 100 valence electrons. The minimum Gasteiger partial charge on any atom is -0.426 e. The number of primary amides is 1. The number of rotatable bonds is 4. The van der Waals surface area contributed by atoms with Crippen LogP contribution in [-0.4, -0.2) is 18.6 Å². The van der Waals surface area contributed by atoms with Crippen LogP contribution in [0.2, 0.25) is 0 Å². The molecule has 0 aliphatic carbocycles. The molecule has 0 unspecified atom stereocenters. The lowest BCUT2D eigenvalue weighted by atomic mass is 10.3. The number of nitrogens with two attached hydrogens (primary N) is 1. The van der Waals surface area contributed by atoms with Gasteiger partial charge in [0.25, 0.3) is 0 Å².